The highest BCUT2D eigenvalue weighted by Crippen LogP contribution is 2.31. The van der Waals surface area contributed by atoms with Crippen LogP contribution in [0.1, 0.15) is 56.0 Å². The Labute approximate surface area is 257 Å². The smallest absolute Gasteiger partial charge is 0.416 e. The Morgan fingerprint density at radius 1 is 1.11 bits per heavy atom. The number of anilines is 2. The molecule has 0 fully saturated rings. The second-order valence-electron chi connectivity index (χ2n) is 11.8. The normalized spacial score (nSPS) is 21.0. The first-order chi connectivity index (χ1) is 20.7. The van der Waals surface area contributed by atoms with Crippen molar-refractivity contribution in [1.29, 1.82) is 0 Å². The number of nitrogens with one attached hydrogen (secondary N) is 1. The number of aliphatic hydroxyl groups is 1. The van der Waals surface area contributed by atoms with Crippen molar-refractivity contribution < 1.29 is 37.3 Å². The summed E-state index contributed by atoms with van der Waals surface area (Å²) in [6.07, 6.45) is -2.74. The minimum absolute atomic E-state index is 0.145. The molecule has 0 saturated carbocycles. The second kappa shape index (κ2) is 15.5. The summed E-state index contributed by atoms with van der Waals surface area (Å²) in [7, 11) is 5.36. The van der Waals surface area contributed by atoms with Gasteiger partial charge >= 0.3 is 12.2 Å². The van der Waals surface area contributed by atoms with Crippen molar-refractivity contribution in [2.24, 2.45) is 5.92 Å². The lowest BCUT2D eigenvalue weighted by atomic mass is 10.0. The number of alkyl halides is 3. The predicted molar refractivity (Wildman–Crippen MR) is 164 cm³/mol. The van der Waals surface area contributed by atoms with E-state index in [0.29, 0.717) is 17.9 Å². The van der Waals surface area contributed by atoms with E-state index in [4.69, 9.17) is 9.47 Å². The number of rotatable bonds is 6. The molecular formula is C32H45F3N4O5. The standard InChI is InChI=1S/C32H45F3N4O5/c1-21-18-39(22(2)20-40)30(41)27-17-26(37(4)5)14-15-28(27)44-23(3)9-7-8-16-43-29(21)19-38(6)31(42)36-25-12-10-24(11-13-25)32(33,34)35/h10-15,17,21-23,29,40H,7-9,16,18-20H2,1-6H3,(H,36,42)/t21-,22+,23+,29-/m0/s1. The molecule has 2 aromatic rings. The Hall–Kier alpha value is -3.51. The van der Waals surface area contributed by atoms with Gasteiger partial charge in [0, 0.05) is 58.1 Å². The zero-order chi connectivity index (χ0) is 32.6. The van der Waals surface area contributed by atoms with Crippen molar-refractivity contribution in [2.75, 3.05) is 57.7 Å². The first-order valence-electron chi connectivity index (χ1n) is 14.9. The van der Waals surface area contributed by atoms with Gasteiger partial charge in [-0.1, -0.05) is 6.92 Å². The number of ether oxygens (including phenoxy) is 2. The van der Waals surface area contributed by atoms with Crippen molar-refractivity contribution in [3.8, 4) is 5.75 Å². The van der Waals surface area contributed by atoms with Gasteiger partial charge in [0.05, 0.1) is 36.0 Å². The molecule has 0 aromatic heterocycles. The fourth-order valence-electron chi connectivity index (χ4n) is 4.97. The van der Waals surface area contributed by atoms with Gasteiger partial charge in [0.15, 0.2) is 0 Å². The Balaban J connectivity index is 1.84. The third kappa shape index (κ3) is 9.49. The molecule has 0 spiro atoms. The van der Waals surface area contributed by atoms with Crippen molar-refractivity contribution in [3.05, 3.63) is 53.6 Å². The van der Waals surface area contributed by atoms with Gasteiger partial charge in [-0.2, -0.15) is 13.2 Å². The van der Waals surface area contributed by atoms with Crippen LogP contribution in [-0.2, 0) is 10.9 Å². The minimum Gasteiger partial charge on any atom is -0.490 e. The molecule has 0 saturated heterocycles. The van der Waals surface area contributed by atoms with Crippen LogP contribution in [0.25, 0.3) is 0 Å². The summed E-state index contributed by atoms with van der Waals surface area (Å²) >= 11 is 0. The Kier molecular flexibility index (Phi) is 12.3. The Bertz CT molecular complexity index is 1240. The van der Waals surface area contributed by atoms with Crippen LogP contribution in [-0.4, -0.2) is 92.5 Å². The van der Waals surface area contributed by atoms with Gasteiger partial charge in [0.25, 0.3) is 5.91 Å². The van der Waals surface area contributed by atoms with E-state index in [2.05, 4.69) is 5.32 Å². The van der Waals surface area contributed by atoms with Gasteiger partial charge in [0.2, 0.25) is 0 Å². The highest BCUT2D eigenvalue weighted by atomic mass is 19.4. The number of likely N-dealkylation sites (N-methyl/N-ethyl adjacent to an activating group) is 1. The van der Waals surface area contributed by atoms with Crippen LogP contribution in [0.2, 0.25) is 0 Å². The molecule has 0 aliphatic carbocycles. The first-order valence-corrected chi connectivity index (χ1v) is 14.9. The first kappa shape index (κ1) is 35.0. The highest BCUT2D eigenvalue weighted by Gasteiger charge is 2.32. The van der Waals surface area contributed by atoms with E-state index in [9.17, 15) is 27.9 Å². The van der Waals surface area contributed by atoms with Crippen LogP contribution in [0.3, 0.4) is 0 Å². The minimum atomic E-state index is -4.47. The number of amides is 3. The molecule has 44 heavy (non-hydrogen) atoms. The molecule has 4 atom stereocenters. The van der Waals surface area contributed by atoms with Crippen LogP contribution >= 0.6 is 0 Å². The number of hydrogen-bond acceptors (Lipinski definition) is 6. The molecule has 0 unspecified atom stereocenters. The summed E-state index contributed by atoms with van der Waals surface area (Å²) in [6, 6.07) is 8.74. The molecular weight excluding hydrogens is 577 g/mol. The van der Waals surface area contributed by atoms with E-state index in [1.54, 1.807) is 24.9 Å². The molecule has 3 amide bonds. The van der Waals surface area contributed by atoms with Crippen molar-refractivity contribution in [3.63, 3.8) is 0 Å². The summed E-state index contributed by atoms with van der Waals surface area (Å²) < 4.78 is 51.3. The van der Waals surface area contributed by atoms with Crippen molar-refractivity contribution in [2.45, 2.75) is 64.5 Å². The zero-order valence-corrected chi connectivity index (χ0v) is 26.4. The van der Waals surface area contributed by atoms with Crippen LogP contribution in [0.5, 0.6) is 5.75 Å². The molecule has 1 heterocycles. The van der Waals surface area contributed by atoms with E-state index < -0.39 is 29.9 Å². The molecule has 1 aliphatic heterocycles. The van der Waals surface area contributed by atoms with Crippen molar-refractivity contribution >= 4 is 23.3 Å². The average Bonchev–Trinajstić information content (AvgIpc) is 2.97. The molecule has 3 rings (SSSR count). The Morgan fingerprint density at radius 2 is 1.80 bits per heavy atom. The maximum atomic E-state index is 14.1. The third-order valence-electron chi connectivity index (χ3n) is 7.82. The number of fused-ring (bicyclic) bond motifs is 1. The van der Waals surface area contributed by atoms with E-state index in [1.807, 2.05) is 45.0 Å². The van der Waals surface area contributed by atoms with E-state index in [-0.39, 0.29) is 43.3 Å². The number of nitrogens with zero attached hydrogens (tertiary/aromatic N) is 3. The lowest BCUT2D eigenvalue weighted by Crippen LogP contribution is -2.48. The molecule has 12 heteroatoms. The summed E-state index contributed by atoms with van der Waals surface area (Å²) in [5, 5.41) is 12.7. The van der Waals surface area contributed by atoms with Gasteiger partial charge in [-0.05, 0) is 75.6 Å². The fraction of sp³-hybridized carbons (Fsp3) is 0.562. The monoisotopic (exact) mass is 622 g/mol. The number of urea groups is 1. The number of carbonyl (C=O) groups excluding carboxylic acids is 2. The maximum Gasteiger partial charge on any atom is 0.416 e. The van der Waals surface area contributed by atoms with Crippen LogP contribution < -0.4 is 15.0 Å². The summed E-state index contributed by atoms with van der Waals surface area (Å²) in [6.45, 7) is 6.25. The molecule has 9 nitrogen and oxygen atoms in total. The number of aliphatic hydroxyl groups excluding tert-OH is 1. The lowest BCUT2D eigenvalue weighted by Gasteiger charge is -2.36. The summed E-state index contributed by atoms with van der Waals surface area (Å²) in [5.74, 6) is -0.0496. The lowest BCUT2D eigenvalue weighted by molar-refractivity contribution is -0.137. The van der Waals surface area contributed by atoms with E-state index in [1.165, 1.54) is 17.0 Å². The molecule has 0 bridgehead atoms. The molecule has 1 aliphatic rings. The van der Waals surface area contributed by atoms with Gasteiger partial charge in [-0.15, -0.1) is 0 Å². The molecule has 2 aromatic carbocycles. The topological polar surface area (TPSA) is 94.6 Å². The van der Waals surface area contributed by atoms with Gasteiger partial charge in [-0.25, -0.2) is 4.79 Å². The summed E-state index contributed by atoms with van der Waals surface area (Å²) in [4.78, 5) is 32.0. The zero-order valence-electron chi connectivity index (χ0n) is 26.4. The molecule has 244 valence electrons. The number of benzene rings is 2. The third-order valence-corrected chi connectivity index (χ3v) is 7.82. The SMILES string of the molecule is C[C@@H]1CCCCO[C@@H](CN(C)C(=O)Nc2ccc(C(F)(F)F)cc2)[C@@H](C)CN([C@H](C)CO)C(=O)c2cc(N(C)C)ccc2O1. The predicted octanol–water partition coefficient (Wildman–Crippen LogP) is 5.73. The number of halogens is 3. The van der Waals surface area contributed by atoms with E-state index in [0.717, 1.165) is 37.1 Å². The highest BCUT2D eigenvalue weighted by molar-refractivity contribution is 5.98. The number of hydrogen-bond donors (Lipinski definition) is 2. The second-order valence-corrected chi connectivity index (χ2v) is 11.8. The van der Waals surface area contributed by atoms with Crippen LogP contribution in [0.15, 0.2) is 42.5 Å². The maximum absolute atomic E-state index is 14.1. The van der Waals surface area contributed by atoms with Crippen molar-refractivity contribution in [1.82, 2.24) is 9.80 Å². The number of carbonyl (C=O) groups is 2. The quantitative estimate of drug-likeness (QED) is 0.428. The van der Waals surface area contributed by atoms with E-state index >= 15 is 0 Å². The van der Waals surface area contributed by atoms with Gasteiger partial charge in [-0.3, -0.25) is 4.79 Å². The summed E-state index contributed by atoms with van der Waals surface area (Å²) in [5.41, 5.74) is 0.665. The fourth-order valence-corrected chi connectivity index (χ4v) is 4.97. The van der Waals surface area contributed by atoms with Crippen LogP contribution in [0.4, 0.5) is 29.3 Å². The largest absolute Gasteiger partial charge is 0.490 e. The van der Waals surface area contributed by atoms with Gasteiger partial charge < -0.3 is 34.6 Å². The molecule has 0 radical (unpaired) electrons. The molecule has 2 N–H and O–H groups in total. The average molecular weight is 623 g/mol. The Morgan fingerprint density at radius 3 is 2.41 bits per heavy atom. The van der Waals surface area contributed by atoms with Crippen LogP contribution in [0, 0.1) is 5.92 Å². The van der Waals surface area contributed by atoms with Gasteiger partial charge in [0.1, 0.15) is 5.75 Å².